The van der Waals surface area contributed by atoms with Crippen molar-refractivity contribution < 1.29 is 4.74 Å². The molecule has 2 aliphatic heterocycles. The van der Waals surface area contributed by atoms with Gasteiger partial charge in [-0.05, 0) is 37.3 Å². The van der Waals surface area contributed by atoms with Gasteiger partial charge in [-0.3, -0.25) is 0 Å². The van der Waals surface area contributed by atoms with Crippen LogP contribution in [-0.2, 0) is 0 Å². The molecule has 0 bridgehead atoms. The first-order valence-corrected chi connectivity index (χ1v) is 6.22. The van der Waals surface area contributed by atoms with E-state index in [0.717, 1.165) is 28.5 Å². The van der Waals surface area contributed by atoms with Gasteiger partial charge in [-0.2, -0.15) is 0 Å². The van der Waals surface area contributed by atoms with E-state index in [1.54, 1.807) is 7.11 Å². The molecule has 0 spiro atoms. The third-order valence-corrected chi connectivity index (χ3v) is 3.19. The number of H-pyrrole nitrogens is 1. The van der Waals surface area contributed by atoms with Crippen LogP contribution < -0.4 is 4.74 Å². The van der Waals surface area contributed by atoms with E-state index in [2.05, 4.69) is 15.0 Å². The second kappa shape index (κ2) is 4.55. The maximum absolute atomic E-state index is 6.10. The van der Waals surface area contributed by atoms with Crippen molar-refractivity contribution in [3.05, 3.63) is 41.3 Å². The van der Waals surface area contributed by atoms with Crippen molar-refractivity contribution in [2.75, 3.05) is 7.11 Å². The number of nitrogens with zero attached hydrogens (tertiary/aromatic N) is 2. The molecule has 0 fully saturated rings. The maximum atomic E-state index is 6.10. The molecule has 19 heavy (non-hydrogen) atoms. The first kappa shape index (κ1) is 12.0. The van der Waals surface area contributed by atoms with Crippen LogP contribution >= 0.6 is 11.6 Å². The van der Waals surface area contributed by atoms with Gasteiger partial charge in [0.15, 0.2) is 5.15 Å². The van der Waals surface area contributed by atoms with Gasteiger partial charge in [-0.25, -0.2) is 9.97 Å². The van der Waals surface area contributed by atoms with E-state index in [1.165, 1.54) is 0 Å². The van der Waals surface area contributed by atoms with Gasteiger partial charge in [-0.15, -0.1) is 0 Å². The molecule has 1 N–H and O–H groups in total. The molecule has 0 radical (unpaired) electrons. The van der Waals surface area contributed by atoms with E-state index < -0.39 is 0 Å². The molecule has 0 aromatic heterocycles. The number of benzene rings is 1. The topological polar surface area (TPSA) is 50.8 Å². The highest BCUT2D eigenvalue weighted by atomic mass is 35.5. The van der Waals surface area contributed by atoms with E-state index in [0.29, 0.717) is 10.8 Å². The summed E-state index contributed by atoms with van der Waals surface area (Å²) < 4.78 is 5.14. The molecule has 0 atom stereocenters. The molecule has 0 amide bonds. The second-order valence-corrected chi connectivity index (χ2v) is 4.60. The van der Waals surface area contributed by atoms with Gasteiger partial charge in [0.2, 0.25) is 0 Å². The predicted octanol–water partition coefficient (Wildman–Crippen LogP) is 3.55. The summed E-state index contributed by atoms with van der Waals surface area (Å²) >= 11 is 6.10. The quantitative estimate of drug-likeness (QED) is 0.727. The normalized spacial score (nSPS) is 10.9. The fourth-order valence-corrected chi connectivity index (χ4v) is 2.27. The van der Waals surface area contributed by atoms with Crippen LogP contribution in [0.15, 0.2) is 30.3 Å². The number of aryl methyl sites for hydroxylation is 1. The van der Waals surface area contributed by atoms with Crippen LogP contribution in [0.1, 0.15) is 5.82 Å². The molecule has 1 aromatic carbocycles. The Kier molecular flexibility index (Phi) is 2.87. The Hall–Kier alpha value is -2.07. The summed E-state index contributed by atoms with van der Waals surface area (Å²) in [6.45, 7) is 1.87. The Morgan fingerprint density at radius 1 is 1.16 bits per heavy atom. The summed E-state index contributed by atoms with van der Waals surface area (Å²) in [6.07, 6.45) is 0. The van der Waals surface area contributed by atoms with Crippen LogP contribution in [-0.4, -0.2) is 22.1 Å². The summed E-state index contributed by atoms with van der Waals surface area (Å²) in [5.74, 6) is 1.59. The lowest BCUT2D eigenvalue weighted by Crippen LogP contribution is -1.92. The standard InChI is InChI=1S/C14H12ClN3O/c1-8-16-12-7-11(18-13(12)14(15)17-8)9-3-5-10(19-2)6-4-9/h3-7H,1-2H3,(H,16,17). The van der Waals surface area contributed by atoms with E-state index in [1.807, 2.05) is 37.3 Å². The minimum absolute atomic E-state index is 0.422. The van der Waals surface area contributed by atoms with Crippen LogP contribution in [0.25, 0.3) is 22.6 Å². The van der Waals surface area contributed by atoms with Gasteiger partial charge < -0.3 is 9.72 Å². The molecule has 3 rings (SSSR count). The highest BCUT2D eigenvalue weighted by molar-refractivity contribution is 6.31. The Morgan fingerprint density at radius 2 is 1.89 bits per heavy atom. The zero-order chi connectivity index (χ0) is 13.4. The van der Waals surface area contributed by atoms with Crippen molar-refractivity contribution in [1.82, 2.24) is 15.0 Å². The number of hydrogen-bond donors (Lipinski definition) is 1. The molecule has 96 valence electrons. The predicted molar refractivity (Wildman–Crippen MR) is 74.7 cm³/mol. The highest BCUT2D eigenvalue weighted by Gasteiger charge is 2.15. The molecule has 0 unspecified atom stereocenters. The molecule has 4 nitrogen and oxygen atoms in total. The van der Waals surface area contributed by atoms with Gasteiger partial charge in [0.1, 0.15) is 17.3 Å². The van der Waals surface area contributed by atoms with Crippen LogP contribution in [0.2, 0.25) is 5.15 Å². The van der Waals surface area contributed by atoms with Crippen molar-refractivity contribution in [2.24, 2.45) is 0 Å². The van der Waals surface area contributed by atoms with Crippen molar-refractivity contribution >= 4 is 11.6 Å². The molecular weight excluding hydrogens is 262 g/mol. The lowest BCUT2D eigenvalue weighted by atomic mass is 10.1. The maximum Gasteiger partial charge on any atom is 0.158 e. The first-order valence-electron chi connectivity index (χ1n) is 5.84. The van der Waals surface area contributed by atoms with Crippen LogP contribution in [0.3, 0.4) is 0 Å². The largest absolute Gasteiger partial charge is 0.497 e. The minimum atomic E-state index is 0.422. The third kappa shape index (κ3) is 2.15. The molecular formula is C14H12ClN3O. The third-order valence-electron chi connectivity index (χ3n) is 2.93. The van der Waals surface area contributed by atoms with Gasteiger partial charge >= 0.3 is 0 Å². The lowest BCUT2D eigenvalue weighted by molar-refractivity contribution is 0.415. The number of fused-ring (bicyclic) bond motifs is 1. The van der Waals surface area contributed by atoms with E-state index in [-0.39, 0.29) is 0 Å². The van der Waals surface area contributed by atoms with Gasteiger partial charge in [0, 0.05) is 5.56 Å². The summed E-state index contributed by atoms with van der Waals surface area (Å²) in [4.78, 5) is 11.8. The molecule has 0 saturated carbocycles. The summed E-state index contributed by atoms with van der Waals surface area (Å²) in [7, 11) is 1.65. The number of methoxy groups -OCH3 is 1. The summed E-state index contributed by atoms with van der Waals surface area (Å²) in [5.41, 5.74) is 3.46. The average Bonchev–Trinajstić information content (AvgIpc) is 2.83. The number of hydrogen-bond acceptors (Lipinski definition) is 3. The number of ether oxygens (including phenoxy) is 1. The fourth-order valence-electron chi connectivity index (χ4n) is 2.00. The van der Waals surface area contributed by atoms with Crippen LogP contribution in [0.4, 0.5) is 0 Å². The van der Waals surface area contributed by atoms with E-state index in [9.17, 15) is 0 Å². The Balaban J connectivity index is 2.10. The molecule has 1 aromatic rings. The van der Waals surface area contributed by atoms with E-state index in [4.69, 9.17) is 16.3 Å². The number of nitrogens with one attached hydrogen (secondary N) is 1. The van der Waals surface area contributed by atoms with Gasteiger partial charge in [0.25, 0.3) is 0 Å². The van der Waals surface area contributed by atoms with Gasteiger partial charge in [-0.1, -0.05) is 11.6 Å². The summed E-state index contributed by atoms with van der Waals surface area (Å²) in [5, 5.41) is 0.422. The minimum Gasteiger partial charge on any atom is -0.497 e. The Labute approximate surface area is 115 Å². The van der Waals surface area contributed by atoms with E-state index >= 15 is 0 Å². The zero-order valence-corrected chi connectivity index (χ0v) is 11.3. The molecule has 0 aliphatic carbocycles. The fraction of sp³-hybridized carbons (Fsp3) is 0.143. The second-order valence-electron chi connectivity index (χ2n) is 4.25. The Morgan fingerprint density at radius 3 is 2.58 bits per heavy atom. The average molecular weight is 274 g/mol. The number of halogens is 1. The molecule has 0 saturated heterocycles. The monoisotopic (exact) mass is 273 g/mol. The highest BCUT2D eigenvalue weighted by Crippen LogP contribution is 2.31. The van der Waals surface area contributed by atoms with Crippen molar-refractivity contribution in [2.45, 2.75) is 6.92 Å². The number of rotatable bonds is 2. The van der Waals surface area contributed by atoms with Crippen molar-refractivity contribution in [3.63, 3.8) is 0 Å². The number of aromatic amines is 1. The number of aromatic nitrogens is 3. The first-order chi connectivity index (χ1) is 9.17. The molecule has 2 aliphatic rings. The van der Waals surface area contributed by atoms with Crippen LogP contribution in [0, 0.1) is 6.92 Å². The van der Waals surface area contributed by atoms with Crippen LogP contribution in [0.5, 0.6) is 5.75 Å². The van der Waals surface area contributed by atoms with Crippen molar-refractivity contribution in [3.8, 4) is 28.4 Å². The SMILES string of the molecule is COc1ccc(-c2cc3[nH]c(C)nc(Cl)c-3n2)cc1. The zero-order valence-electron chi connectivity index (χ0n) is 10.6. The Bertz CT molecular complexity index is 691. The van der Waals surface area contributed by atoms with Crippen molar-refractivity contribution in [1.29, 1.82) is 0 Å². The molecule has 5 heteroatoms. The lowest BCUT2D eigenvalue weighted by Gasteiger charge is -2.01. The smallest absolute Gasteiger partial charge is 0.158 e. The summed E-state index contributed by atoms with van der Waals surface area (Å²) in [6, 6.07) is 9.72. The van der Waals surface area contributed by atoms with Gasteiger partial charge in [0.05, 0.1) is 18.5 Å². The molecule has 2 heterocycles.